The van der Waals surface area contributed by atoms with Crippen molar-refractivity contribution in [1.29, 1.82) is 0 Å². The molecule has 0 fully saturated rings. The Morgan fingerprint density at radius 3 is 1.25 bits per heavy atom. The highest BCUT2D eigenvalue weighted by atomic mass is 14.7. The van der Waals surface area contributed by atoms with Crippen LogP contribution in [0.1, 0.15) is 20.8 Å². The van der Waals surface area contributed by atoms with Gasteiger partial charge in [0.15, 0.2) is 0 Å². The Balaban J connectivity index is -0.0000000483. The summed E-state index contributed by atoms with van der Waals surface area (Å²) in [5.74, 6) is 0. The molecule has 0 rings (SSSR count). The summed E-state index contributed by atoms with van der Waals surface area (Å²) < 4.78 is 0. The predicted octanol–water partition coefficient (Wildman–Crippen LogP) is 0.827. The Kier molecular flexibility index (Phi) is 129. The Hall–Kier alpha value is -0.0800. The van der Waals surface area contributed by atoms with E-state index in [0.717, 1.165) is 6.54 Å². The lowest BCUT2D eigenvalue weighted by Crippen LogP contribution is -1.89. The Morgan fingerprint density at radius 2 is 1.25 bits per heavy atom. The van der Waals surface area contributed by atoms with Crippen molar-refractivity contribution in [3.63, 3.8) is 0 Å². The van der Waals surface area contributed by atoms with Gasteiger partial charge in [0.1, 0.15) is 0 Å². The lowest BCUT2D eigenvalue weighted by atomic mass is 10.8. The van der Waals surface area contributed by atoms with Crippen LogP contribution in [0.25, 0.3) is 0 Å². The molecule has 0 aliphatic heterocycles. The van der Waals surface area contributed by atoms with Gasteiger partial charge < -0.3 is 11.1 Å². The third-order valence-electron chi connectivity index (χ3n) is 0. The normalized spacial score (nSPS) is 5.25. The van der Waals surface area contributed by atoms with Crippen LogP contribution in [0, 0.1) is 0 Å². The molecular weight excluding hydrogens is 100 g/mol. The zero-order chi connectivity index (χ0) is 7.41. The minimum Gasteiger partial charge on any atom is -0.331 e. The SMILES string of the molecule is CC.CCN.CNC. The summed E-state index contributed by atoms with van der Waals surface area (Å²) in [6.45, 7) is 6.65. The van der Waals surface area contributed by atoms with Crippen molar-refractivity contribution in [2.24, 2.45) is 5.73 Å². The first-order valence-electron chi connectivity index (χ1n) is 3.12. The summed E-state index contributed by atoms with van der Waals surface area (Å²) in [7, 11) is 3.75. The highest BCUT2D eigenvalue weighted by Crippen LogP contribution is 1.20. The van der Waals surface area contributed by atoms with Crippen molar-refractivity contribution in [3.8, 4) is 0 Å². The van der Waals surface area contributed by atoms with Gasteiger partial charge in [-0.2, -0.15) is 0 Å². The molecular formula is C6H20N2. The van der Waals surface area contributed by atoms with E-state index in [2.05, 4.69) is 5.32 Å². The van der Waals surface area contributed by atoms with Gasteiger partial charge in [0, 0.05) is 0 Å². The van der Waals surface area contributed by atoms with E-state index in [-0.39, 0.29) is 0 Å². The van der Waals surface area contributed by atoms with E-state index in [1.807, 2.05) is 34.9 Å². The zero-order valence-corrected chi connectivity index (χ0v) is 6.78. The standard InChI is InChI=1S/2C2H7N.C2H6/c1-3-2;1-2-3;1-2/h3H,1-2H3;2-3H2,1H3;1-2H3. The molecule has 54 valence electrons. The molecule has 3 N–H and O–H groups in total. The molecule has 0 atom stereocenters. The van der Waals surface area contributed by atoms with Crippen LogP contribution in [0.4, 0.5) is 0 Å². The fourth-order valence-corrected chi connectivity index (χ4v) is 0. The average Bonchev–Trinajstić information content (AvgIpc) is 1.75. The first kappa shape index (κ1) is 15.7. The van der Waals surface area contributed by atoms with Gasteiger partial charge in [0.2, 0.25) is 0 Å². The molecule has 0 bridgehead atoms. The molecule has 0 spiro atoms. The quantitative estimate of drug-likeness (QED) is 0.497. The number of hydrogen-bond acceptors (Lipinski definition) is 2. The monoisotopic (exact) mass is 120 g/mol. The summed E-state index contributed by atoms with van der Waals surface area (Å²) in [6, 6.07) is 0. The van der Waals surface area contributed by atoms with Crippen LogP contribution in [0.15, 0.2) is 0 Å². The molecule has 0 saturated carbocycles. The van der Waals surface area contributed by atoms with Gasteiger partial charge in [-0.3, -0.25) is 0 Å². The maximum Gasteiger partial charge on any atom is -0.0106 e. The van der Waals surface area contributed by atoms with Crippen molar-refractivity contribution in [2.45, 2.75) is 20.8 Å². The maximum atomic E-state index is 4.85. The summed E-state index contributed by atoms with van der Waals surface area (Å²) in [6.07, 6.45) is 0. The Morgan fingerprint density at radius 1 is 1.25 bits per heavy atom. The van der Waals surface area contributed by atoms with Crippen LogP contribution in [0.2, 0.25) is 0 Å². The fraction of sp³-hybridized carbons (Fsp3) is 1.00. The van der Waals surface area contributed by atoms with Crippen molar-refractivity contribution in [2.75, 3.05) is 20.6 Å². The molecule has 0 saturated heterocycles. The van der Waals surface area contributed by atoms with Crippen LogP contribution in [-0.2, 0) is 0 Å². The molecule has 0 aliphatic carbocycles. The molecule has 2 heteroatoms. The second kappa shape index (κ2) is 65.8. The smallest absolute Gasteiger partial charge is 0.0106 e. The van der Waals surface area contributed by atoms with Gasteiger partial charge in [-0.05, 0) is 20.6 Å². The third-order valence-corrected chi connectivity index (χ3v) is 0. The van der Waals surface area contributed by atoms with Gasteiger partial charge in [-0.25, -0.2) is 0 Å². The summed E-state index contributed by atoms with van der Waals surface area (Å²) in [4.78, 5) is 0. The molecule has 0 unspecified atom stereocenters. The summed E-state index contributed by atoms with van der Waals surface area (Å²) >= 11 is 0. The molecule has 0 heterocycles. The van der Waals surface area contributed by atoms with Crippen molar-refractivity contribution in [3.05, 3.63) is 0 Å². The van der Waals surface area contributed by atoms with Gasteiger partial charge in [-0.15, -0.1) is 0 Å². The van der Waals surface area contributed by atoms with E-state index in [0.29, 0.717) is 0 Å². The highest BCUT2D eigenvalue weighted by Gasteiger charge is 1.32. The summed E-state index contributed by atoms with van der Waals surface area (Å²) in [5.41, 5.74) is 4.85. The Bertz CT molecular complexity index is 8.49. The van der Waals surface area contributed by atoms with Gasteiger partial charge in [-0.1, -0.05) is 20.8 Å². The summed E-state index contributed by atoms with van der Waals surface area (Å²) in [5, 5.41) is 2.75. The average molecular weight is 120 g/mol. The maximum absolute atomic E-state index is 4.85. The van der Waals surface area contributed by atoms with Gasteiger partial charge >= 0.3 is 0 Å². The minimum atomic E-state index is 0.750. The number of hydrogen-bond donors (Lipinski definition) is 2. The van der Waals surface area contributed by atoms with Gasteiger partial charge in [0.25, 0.3) is 0 Å². The first-order chi connectivity index (χ1) is 3.83. The largest absolute Gasteiger partial charge is 0.331 e. The highest BCUT2D eigenvalue weighted by molar-refractivity contribution is 4.00. The van der Waals surface area contributed by atoms with Crippen molar-refractivity contribution in [1.82, 2.24) is 5.32 Å². The van der Waals surface area contributed by atoms with Gasteiger partial charge in [0.05, 0.1) is 0 Å². The lowest BCUT2D eigenvalue weighted by Gasteiger charge is -1.59. The fourth-order valence-electron chi connectivity index (χ4n) is 0. The molecule has 0 aromatic carbocycles. The lowest BCUT2D eigenvalue weighted by molar-refractivity contribution is 1.02. The van der Waals surface area contributed by atoms with E-state index >= 15 is 0 Å². The van der Waals surface area contributed by atoms with E-state index in [4.69, 9.17) is 5.73 Å². The molecule has 0 amide bonds. The second-order valence-corrected chi connectivity index (χ2v) is 0.908. The molecule has 0 radical (unpaired) electrons. The van der Waals surface area contributed by atoms with Crippen molar-refractivity contribution < 1.29 is 0 Å². The van der Waals surface area contributed by atoms with E-state index < -0.39 is 0 Å². The number of nitrogens with two attached hydrogens (primary N) is 1. The van der Waals surface area contributed by atoms with Crippen LogP contribution in [-0.4, -0.2) is 20.6 Å². The van der Waals surface area contributed by atoms with Crippen LogP contribution in [0.5, 0.6) is 0 Å². The second-order valence-electron chi connectivity index (χ2n) is 0.908. The molecule has 8 heavy (non-hydrogen) atoms. The van der Waals surface area contributed by atoms with Crippen LogP contribution < -0.4 is 11.1 Å². The van der Waals surface area contributed by atoms with E-state index in [1.54, 1.807) is 0 Å². The number of rotatable bonds is 0. The van der Waals surface area contributed by atoms with Crippen molar-refractivity contribution >= 4 is 0 Å². The van der Waals surface area contributed by atoms with Crippen LogP contribution >= 0.6 is 0 Å². The minimum absolute atomic E-state index is 0.750. The number of nitrogens with one attached hydrogen (secondary N) is 1. The molecule has 0 aromatic heterocycles. The third kappa shape index (κ3) is 22400. The first-order valence-corrected chi connectivity index (χ1v) is 3.12. The molecule has 2 nitrogen and oxygen atoms in total. The van der Waals surface area contributed by atoms with E-state index in [1.165, 1.54) is 0 Å². The zero-order valence-electron chi connectivity index (χ0n) is 6.78. The predicted molar refractivity (Wildman–Crippen MR) is 41.1 cm³/mol. The molecule has 0 aliphatic rings. The van der Waals surface area contributed by atoms with E-state index in [9.17, 15) is 0 Å². The molecule has 0 aromatic rings. The topological polar surface area (TPSA) is 38.0 Å². The van der Waals surface area contributed by atoms with Crippen LogP contribution in [0.3, 0.4) is 0 Å². The Labute approximate surface area is 53.5 Å².